The van der Waals surface area contributed by atoms with Gasteiger partial charge in [-0.25, -0.2) is 4.98 Å². The number of nitrogens with one attached hydrogen (secondary N) is 2. The summed E-state index contributed by atoms with van der Waals surface area (Å²) in [6.45, 7) is 3.71. The van der Waals surface area contributed by atoms with E-state index >= 15 is 0 Å². The lowest BCUT2D eigenvalue weighted by Gasteiger charge is -2.13. The lowest BCUT2D eigenvalue weighted by atomic mass is 10.1. The molecule has 0 radical (unpaired) electrons. The molecule has 0 bridgehead atoms. The van der Waals surface area contributed by atoms with Gasteiger partial charge in [0.2, 0.25) is 0 Å². The molecule has 0 aliphatic heterocycles. The molecule has 1 aromatic heterocycles. The molecule has 1 atom stereocenters. The van der Waals surface area contributed by atoms with Crippen LogP contribution in [0.15, 0.2) is 30.6 Å². The van der Waals surface area contributed by atoms with Gasteiger partial charge in [-0.1, -0.05) is 6.07 Å². The summed E-state index contributed by atoms with van der Waals surface area (Å²) >= 11 is 0. The highest BCUT2D eigenvalue weighted by molar-refractivity contribution is 5.97. The van der Waals surface area contributed by atoms with Gasteiger partial charge in [-0.15, -0.1) is 0 Å². The fraction of sp³-hybridized carbons (Fsp3) is 0.231. The molecule has 1 aromatic carbocycles. The number of hydrogen-bond acceptors (Lipinski definition) is 3. The van der Waals surface area contributed by atoms with Crippen LogP contribution in [0.3, 0.4) is 0 Å². The molecular formula is C13H16N4O. The number of carbonyl (C=O) groups excluding carboxylic acids is 1. The molecule has 0 saturated carbocycles. The molecule has 1 unspecified atom stereocenters. The Balaban J connectivity index is 2.15. The Morgan fingerprint density at radius 3 is 2.94 bits per heavy atom. The van der Waals surface area contributed by atoms with Crippen molar-refractivity contribution in [3.8, 4) is 0 Å². The van der Waals surface area contributed by atoms with Crippen molar-refractivity contribution in [2.24, 2.45) is 0 Å². The number of anilines is 1. The minimum Gasteiger partial charge on any atom is -0.398 e. The molecule has 0 fully saturated rings. The van der Waals surface area contributed by atoms with Crippen molar-refractivity contribution in [3.05, 3.63) is 47.5 Å². The second-order valence-corrected chi connectivity index (χ2v) is 4.19. The Labute approximate surface area is 105 Å². The van der Waals surface area contributed by atoms with Crippen LogP contribution in [0, 0.1) is 6.92 Å². The first kappa shape index (κ1) is 12.2. The average molecular weight is 244 g/mol. The fourth-order valence-corrected chi connectivity index (χ4v) is 1.76. The summed E-state index contributed by atoms with van der Waals surface area (Å²) in [6, 6.07) is 5.14. The minimum absolute atomic E-state index is 0.149. The standard InChI is InChI=1S/C13H16N4O/c1-8-10(4-3-5-11(8)14)13(18)17-9(2)12-15-6-7-16-12/h3-7,9H,14H2,1-2H3,(H,15,16)(H,17,18). The first-order valence-corrected chi connectivity index (χ1v) is 5.75. The highest BCUT2D eigenvalue weighted by Crippen LogP contribution is 2.16. The normalized spacial score (nSPS) is 12.1. The van der Waals surface area contributed by atoms with Crippen LogP contribution in [0.1, 0.15) is 34.7 Å². The van der Waals surface area contributed by atoms with Gasteiger partial charge in [0.25, 0.3) is 5.91 Å². The number of amides is 1. The molecule has 0 aliphatic rings. The number of benzene rings is 1. The maximum atomic E-state index is 12.1. The van der Waals surface area contributed by atoms with Crippen LogP contribution in [0.2, 0.25) is 0 Å². The number of hydrogen-bond donors (Lipinski definition) is 3. The summed E-state index contributed by atoms with van der Waals surface area (Å²) in [4.78, 5) is 19.2. The van der Waals surface area contributed by atoms with Crippen molar-refractivity contribution < 1.29 is 4.79 Å². The van der Waals surface area contributed by atoms with E-state index in [2.05, 4.69) is 15.3 Å². The minimum atomic E-state index is -0.173. The van der Waals surface area contributed by atoms with E-state index in [-0.39, 0.29) is 11.9 Å². The van der Waals surface area contributed by atoms with Gasteiger partial charge < -0.3 is 16.0 Å². The Kier molecular flexibility index (Phi) is 3.32. The van der Waals surface area contributed by atoms with Crippen LogP contribution in [-0.4, -0.2) is 15.9 Å². The number of nitrogens with two attached hydrogens (primary N) is 1. The van der Waals surface area contributed by atoms with E-state index in [4.69, 9.17) is 5.73 Å². The first-order chi connectivity index (χ1) is 8.59. The van der Waals surface area contributed by atoms with E-state index in [0.29, 0.717) is 11.3 Å². The molecule has 2 aromatic rings. The average Bonchev–Trinajstić information content (AvgIpc) is 2.86. The maximum absolute atomic E-state index is 12.1. The zero-order valence-corrected chi connectivity index (χ0v) is 10.4. The molecule has 4 N–H and O–H groups in total. The highest BCUT2D eigenvalue weighted by atomic mass is 16.1. The molecule has 0 saturated heterocycles. The Morgan fingerprint density at radius 1 is 1.50 bits per heavy atom. The molecule has 0 spiro atoms. The Morgan fingerprint density at radius 2 is 2.28 bits per heavy atom. The topological polar surface area (TPSA) is 83.8 Å². The van der Waals surface area contributed by atoms with Crippen molar-refractivity contribution in [3.63, 3.8) is 0 Å². The van der Waals surface area contributed by atoms with Gasteiger partial charge in [0.05, 0.1) is 6.04 Å². The van der Waals surface area contributed by atoms with E-state index in [9.17, 15) is 4.79 Å². The number of imidazole rings is 1. The van der Waals surface area contributed by atoms with Gasteiger partial charge in [-0.2, -0.15) is 0 Å². The number of aromatic nitrogens is 2. The Hall–Kier alpha value is -2.30. The first-order valence-electron chi connectivity index (χ1n) is 5.75. The summed E-state index contributed by atoms with van der Waals surface area (Å²) < 4.78 is 0. The lowest BCUT2D eigenvalue weighted by Crippen LogP contribution is -2.28. The molecular weight excluding hydrogens is 228 g/mol. The van der Waals surface area contributed by atoms with Gasteiger partial charge in [0, 0.05) is 23.6 Å². The SMILES string of the molecule is Cc1c(N)cccc1C(=O)NC(C)c1ncc[nH]1. The lowest BCUT2D eigenvalue weighted by molar-refractivity contribution is 0.0938. The van der Waals surface area contributed by atoms with E-state index < -0.39 is 0 Å². The molecule has 1 amide bonds. The van der Waals surface area contributed by atoms with Crippen LogP contribution in [0.4, 0.5) is 5.69 Å². The van der Waals surface area contributed by atoms with Gasteiger partial charge >= 0.3 is 0 Å². The van der Waals surface area contributed by atoms with Gasteiger partial charge in [0.15, 0.2) is 0 Å². The number of nitrogen functional groups attached to an aromatic ring is 1. The zero-order chi connectivity index (χ0) is 13.1. The van der Waals surface area contributed by atoms with Crippen LogP contribution < -0.4 is 11.1 Å². The van der Waals surface area contributed by atoms with Gasteiger partial charge in [-0.3, -0.25) is 4.79 Å². The summed E-state index contributed by atoms with van der Waals surface area (Å²) in [5, 5.41) is 2.88. The second kappa shape index (κ2) is 4.91. The van der Waals surface area contributed by atoms with Gasteiger partial charge in [-0.05, 0) is 31.5 Å². The third-order valence-electron chi connectivity index (χ3n) is 2.90. The zero-order valence-electron chi connectivity index (χ0n) is 10.4. The Bertz CT molecular complexity index is 548. The largest absolute Gasteiger partial charge is 0.398 e. The molecule has 94 valence electrons. The van der Waals surface area contributed by atoms with Gasteiger partial charge in [0.1, 0.15) is 5.82 Å². The van der Waals surface area contributed by atoms with Crippen molar-refractivity contribution in [2.75, 3.05) is 5.73 Å². The monoisotopic (exact) mass is 244 g/mol. The van der Waals surface area contributed by atoms with Crippen molar-refractivity contribution in [2.45, 2.75) is 19.9 Å². The smallest absolute Gasteiger partial charge is 0.252 e. The number of carbonyl (C=O) groups is 1. The van der Waals surface area contributed by atoms with Crippen molar-refractivity contribution in [1.29, 1.82) is 0 Å². The second-order valence-electron chi connectivity index (χ2n) is 4.19. The molecule has 0 aliphatic carbocycles. The third-order valence-corrected chi connectivity index (χ3v) is 2.90. The summed E-state index contributed by atoms with van der Waals surface area (Å²) in [7, 11) is 0. The summed E-state index contributed by atoms with van der Waals surface area (Å²) in [5.74, 6) is 0.577. The summed E-state index contributed by atoms with van der Waals surface area (Å²) in [6.07, 6.45) is 3.38. The van der Waals surface area contributed by atoms with E-state index in [1.54, 1.807) is 30.6 Å². The predicted molar refractivity (Wildman–Crippen MR) is 70.1 cm³/mol. The van der Waals surface area contributed by atoms with Crippen LogP contribution >= 0.6 is 0 Å². The summed E-state index contributed by atoms with van der Waals surface area (Å²) in [5.41, 5.74) is 7.79. The highest BCUT2D eigenvalue weighted by Gasteiger charge is 2.15. The fourth-order valence-electron chi connectivity index (χ4n) is 1.76. The maximum Gasteiger partial charge on any atom is 0.252 e. The predicted octanol–water partition coefficient (Wildman–Crippen LogP) is 1.79. The van der Waals surface area contributed by atoms with Crippen molar-refractivity contribution >= 4 is 11.6 Å². The number of rotatable bonds is 3. The van der Waals surface area contributed by atoms with Crippen molar-refractivity contribution in [1.82, 2.24) is 15.3 Å². The molecule has 2 rings (SSSR count). The molecule has 1 heterocycles. The number of H-pyrrole nitrogens is 1. The number of aromatic amines is 1. The quantitative estimate of drug-likeness (QED) is 0.720. The van der Waals surface area contributed by atoms with Crippen LogP contribution in [0.5, 0.6) is 0 Å². The van der Waals surface area contributed by atoms with E-state index in [1.807, 2.05) is 13.8 Å². The third kappa shape index (κ3) is 2.34. The molecule has 5 nitrogen and oxygen atoms in total. The van der Waals surface area contributed by atoms with E-state index in [1.165, 1.54) is 0 Å². The van der Waals surface area contributed by atoms with Crippen LogP contribution in [0.25, 0.3) is 0 Å². The number of nitrogens with zero attached hydrogens (tertiary/aromatic N) is 1. The van der Waals surface area contributed by atoms with E-state index in [0.717, 1.165) is 11.4 Å². The van der Waals surface area contributed by atoms with Crippen LogP contribution in [-0.2, 0) is 0 Å². The molecule has 5 heteroatoms. The molecule has 18 heavy (non-hydrogen) atoms.